The van der Waals surface area contributed by atoms with Gasteiger partial charge in [-0.25, -0.2) is 0 Å². The monoisotopic (exact) mass is 318 g/mol. The summed E-state index contributed by atoms with van der Waals surface area (Å²) in [5, 5.41) is 0.647. The summed E-state index contributed by atoms with van der Waals surface area (Å²) in [4.78, 5) is 14.3. The van der Waals surface area contributed by atoms with E-state index < -0.39 is 0 Å². The van der Waals surface area contributed by atoms with Gasteiger partial charge in [-0.1, -0.05) is 54.2 Å². The van der Waals surface area contributed by atoms with E-state index in [0.29, 0.717) is 22.7 Å². The number of carbonyl (C=O) groups is 1. The number of carbonyl (C=O) groups excluding carboxylic acids is 1. The molecule has 0 saturated carbocycles. The molecule has 0 aliphatic carbocycles. The van der Waals surface area contributed by atoms with Crippen LogP contribution in [0.2, 0.25) is 5.02 Å². The fraction of sp³-hybridized carbons (Fsp3) is 0.125. The van der Waals surface area contributed by atoms with Crippen LogP contribution in [0.5, 0.6) is 0 Å². The summed E-state index contributed by atoms with van der Waals surface area (Å²) in [5.74, 6) is -0.104. The van der Waals surface area contributed by atoms with E-state index in [9.17, 15) is 4.79 Å². The van der Waals surface area contributed by atoms with Crippen molar-refractivity contribution in [2.24, 2.45) is 5.73 Å². The zero-order chi connectivity index (χ0) is 15.4. The summed E-state index contributed by atoms with van der Waals surface area (Å²) in [5.41, 5.74) is 7.73. The number of nitrogens with two attached hydrogens (primary N) is 1. The molecule has 1 amide bonds. The van der Waals surface area contributed by atoms with Gasteiger partial charge in [0.1, 0.15) is 4.99 Å². The minimum absolute atomic E-state index is 0.104. The van der Waals surface area contributed by atoms with Crippen molar-refractivity contribution in [1.82, 2.24) is 4.90 Å². The van der Waals surface area contributed by atoms with Crippen molar-refractivity contribution in [3.05, 3.63) is 70.2 Å². The van der Waals surface area contributed by atoms with Crippen LogP contribution in [0.3, 0.4) is 0 Å². The summed E-state index contributed by atoms with van der Waals surface area (Å²) in [7, 11) is 1.74. The molecular formula is C16H15ClN2OS. The summed E-state index contributed by atoms with van der Waals surface area (Å²) >= 11 is 11.0. The molecule has 0 aliphatic rings. The second kappa shape index (κ2) is 6.70. The van der Waals surface area contributed by atoms with E-state index in [1.54, 1.807) is 36.2 Å². The predicted molar refractivity (Wildman–Crippen MR) is 89.6 cm³/mol. The lowest BCUT2D eigenvalue weighted by Gasteiger charge is -2.18. The molecule has 2 aromatic carbocycles. The van der Waals surface area contributed by atoms with Gasteiger partial charge in [-0.2, -0.15) is 0 Å². The van der Waals surface area contributed by atoms with Gasteiger partial charge in [0, 0.05) is 29.7 Å². The number of halogens is 1. The Labute approximate surface area is 134 Å². The molecule has 0 saturated heterocycles. The maximum absolute atomic E-state index is 12.4. The largest absolute Gasteiger partial charge is 0.389 e. The van der Waals surface area contributed by atoms with Crippen molar-refractivity contribution in [3.8, 4) is 0 Å². The minimum atomic E-state index is -0.104. The first-order valence-corrected chi connectivity index (χ1v) is 7.16. The van der Waals surface area contributed by atoms with Gasteiger partial charge in [-0.15, -0.1) is 0 Å². The molecule has 5 heteroatoms. The van der Waals surface area contributed by atoms with E-state index in [1.165, 1.54) is 0 Å². The summed E-state index contributed by atoms with van der Waals surface area (Å²) in [6, 6.07) is 14.5. The quantitative estimate of drug-likeness (QED) is 0.880. The Morgan fingerprint density at radius 3 is 2.52 bits per heavy atom. The van der Waals surface area contributed by atoms with Crippen LogP contribution in [0.15, 0.2) is 48.5 Å². The van der Waals surface area contributed by atoms with Crippen LogP contribution in [-0.4, -0.2) is 22.8 Å². The molecule has 2 aromatic rings. The van der Waals surface area contributed by atoms with Crippen molar-refractivity contribution in [1.29, 1.82) is 0 Å². The Bertz CT molecular complexity index is 687. The van der Waals surface area contributed by atoms with E-state index in [0.717, 1.165) is 5.56 Å². The van der Waals surface area contributed by atoms with Crippen LogP contribution < -0.4 is 5.73 Å². The normalized spacial score (nSPS) is 10.2. The first kappa shape index (κ1) is 15.5. The van der Waals surface area contributed by atoms with Crippen LogP contribution in [0, 0.1) is 0 Å². The minimum Gasteiger partial charge on any atom is -0.389 e. The van der Waals surface area contributed by atoms with Gasteiger partial charge < -0.3 is 10.6 Å². The molecule has 3 nitrogen and oxygen atoms in total. The second-order valence-electron chi connectivity index (χ2n) is 4.70. The zero-order valence-electron chi connectivity index (χ0n) is 11.5. The molecule has 0 atom stereocenters. The molecule has 0 aliphatic heterocycles. The third-order valence-corrected chi connectivity index (χ3v) is 3.71. The van der Waals surface area contributed by atoms with Crippen LogP contribution >= 0.6 is 23.8 Å². The second-order valence-corrected chi connectivity index (χ2v) is 5.54. The molecule has 0 radical (unpaired) electrons. The predicted octanol–water partition coefficient (Wildman–Crippen LogP) is 3.25. The highest BCUT2D eigenvalue weighted by molar-refractivity contribution is 7.80. The lowest BCUT2D eigenvalue weighted by atomic mass is 10.1. The molecule has 2 rings (SSSR count). The topological polar surface area (TPSA) is 46.3 Å². The maximum Gasteiger partial charge on any atom is 0.253 e. The van der Waals surface area contributed by atoms with E-state index in [4.69, 9.17) is 29.6 Å². The standard InChI is InChI=1S/C16H15ClN2OS/c1-19(10-13-5-2-3-8-14(13)17)16(20)12-7-4-6-11(9-12)15(18)21/h2-9H,10H2,1H3,(H2,18,21). The Balaban J connectivity index is 2.18. The van der Waals surface area contributed by atoms with E-state index in [2.05, 4.69) is 0 Å². The average molecular weight is 319 g/mol. The van der Waals surface area contributed by atoms with Crippen molar-refractivity contribution < 1.29 is 4.79 Å². The number of benzene rings is 2. The van der Waals surface area contributed by atoms with Gasteiger partial charge in [0.15, 0.2) is 0 Å². The lowest BCUT2D eigenvalue weighted by molar-refractivity contribution is 0.0785. The first-order valence-electron chi connectivity index (χ1n) is 6.38. The zero-order valence-corrected chi connectivity index (χ0v) is 13.1. The molecule has 0 aromatic heterocycles. The Morgan fingerprint density at radius 2 is 1.86 bits per heavy atom. The third-order valence-electron chi connectivity index (χ3n) is 3.11. The highest BCUT2D eigenvalue weighted by atomic mass is 35.5. The molecular weight excluding hydrogens is 304 g/mol. The first-order chi connectivity index (χ1) is 9.99. The highest BCUT2D eigenvalue weighted by Gasteiger charge is 2.14. The number of hydrogen-bond donors (Lipinski definition) is 1. The van der Waals surface area contributed by atoms with Crippen molar-refractivity contribution in [2.75, 3.05) is 7.05 Å². The molecule has 0 fully saturated rings. The van der Waals surface area contributed by atoms with Gasteiger partial charge in [0.05, 0.1) is 0 Å². The molecule has 0 heterocycles. The number of thiocarbonyl (C=S) groups is 1. The van der Waals surface area contributed by atoms with Gasteiger partial charge in [-0.05, 0) is 23.8 Å². The molecule has 108 valence electrons. The fourth-order valence-electron chi connectivity index (χ4n) is 1.98. The summed E-state index contributed by atoms with van der Waals surface area (Å²) in [6.07, 6.45) is 0. The molecule has 2 N–H and O–H groups in total. The van der Waals surface area contributed by atoms with E-state index >= 15 is 0 Å². The fourth-order valence-corrected chi connectivity index (χ4v) is 2.30. The van der Waals surface area contributed by atoms with Gasteiger partial charge in [-0.3, -0.25) is 4.79 Å². The van der Waals surface area contributed by atoms with Crippen LogP contribution in [0.25, 0.3) is 0 Å². The molecule has 0 spiro atoms. The lowest BCUT2D eigenvalue weighted by Crippen LogP contribution is -2.26. The number of nitrogens with zero attached hydrogens (tertiary/aromatic N) is 1. The van der Waals surface area contributed by atoms with Gasteiger partial charge in [0.25, 0.3) is 5.91 Å². The van der Waals surface area contributed by atoms with E-state index in [1.807, 2.05) is 24.3 Å². The van der Waals surface area contributed by atoms with Crippen LogP contribution in [0.1, 0.15) is 21.5 Å². The summed E-state index contributed by atoms with van der Waals surface area (Å²) < 4.78 is 0. The van der Waals surface area contributed by atoms with Crippen LogP contribution in [0.4, 0.5) is 0 Å². The molecule has 0 bridgehead atoms. The Kier molecular flexibility index (Phi) is 4.94. The Hall–Kier alpha value is -1.91. The van der Waals surface area contributed by atoms with Crippen molar-refractivity contribution in [3.63, 3.8) is 0 Å². The molecule has 21 heavy (non-hydrogen) atoms. The van der Waals surface area contributed by atoms with Gasteiger partial charge in [0.2, 0.25) is 0 Å². The van der Waals surface area contributed by atoms with Crippen molar-refractivity contribution in [2.45, 2.75) is 6.54 Å². The molecule has 0 unspecified atom stereocenters. The smallest absolute Gasteiger partial charge is 0.253 e. The number of rotatable bonds is 4. The van der Waals surface area contributed by atoms with Gasteiger partial charge >= 0.3 is 0 Å². The SMILES string of the molecule is CN(Cc1ccccc1Cl)C(=O)c1cccc(C(N)=S)c1. The summed E-state index contributed by atoms with van der Waals surface area (Å²) in [6.45, 7) is 0.440. The third kappa shape index (κ3) is 3.80. The number of amides is 1. The van der Waals surface area contributed by atoms with E-state index in [-0.39, 0.29) is 10.9 Å². The Morgan fingerprint density at radius 1 is 1.19 bits per heavy atom. The average Bonchev–Trinajstić information content (AvgIpc) is 2.49. The maximum atomic E-state index is 12.4. The van der Waals surface area contributed by atoms with Crippen LogP contribution in [-0.2, 0) is 6.54 Å². The number of hydrogen-bond acceptors (Lipinski definition) is 2. The highest BCUT2D eigenvalue weighted by Crippen LogP contribution is 2.17. The van der Waals surface area contributed by atoms with Crippen molar-refractivity contribution >= 4 is 34.7 Å².